The van der Waals surface area contributed by atoms with Crippen LogP contribution in [-0.2, 0) is 21.1 Å². The van der Waals surface area contributed by atoms with Gasteiger partial charge in [-0.2, -0.15) is 0 Å². The minimum absolute atomic E-state index is 0.0125. The van der Waals surface area contributed by atoms with Gasteiger partial charge in [0.15, 0.2) is 9.84 Å². The van der Waals surface area contributed by atoms with Gasteiger partial charge in [0.1, 0.15) is 5.78 Å². The fourth-order valence-electron chi connectivity index (χ4n) is 3.96. The number of Topliss-reactive ketones (excluding diaryl/α,β-unsaturated/α-hetero) is 1. The quantitative estimate of drug-likeness (QED) is 0.691. The van der Waals surface area contributed by atoms with Crippen molar-refractivity contribution in [3.63, 3.8) is 0 Å². The van der Waals surface area contributed by atoms with Crippen molar-refractivity contribution in [1.82, 2.24) is 5.32 Å². The van der Waals surface area contributed by atoms with Crippen LogP contribution in [0.25, 0.3) is 0 Å². The van der Waals surface area contributed by atoms with Crippen LogP contribution in [-0.4, -0.2) is 37.2 Å². The fraction of sp³-hybridized carbons (Fsp3) is 0.652. The number of hydrogen-bond donors (Lipinski definition) is 1. The molecule has 5 nitrogen and oxygen atoms in total. The molecule has 0 unspecified atom stereocenters. The first kappa shape index (κ1) is 23.6. The number of hydrogen-bond acceptors (Lipinski definition) is 4. The number of nitrogens with one attached hydrogen (secondary N) is 1. The molecule has 1 aliphatic carbocycles. The summed E-state index contributed by atoms with van der Waals surface area (Å²) < 4.78 is 24.3. The minimum atomic E-state index is -3.03. The molecule has 0 spiro atoms. The molecule has 0 heterocycles. The molecular weight excluding hydrogens is 386 g/mol. The smallest absolute Gasteiger partial charge is 0.251 e. The summed E-state index contributed by atoms with van der Waals surface area (Å²) in [5.74, 6) is 0.455. The molecule has 0 aliphatic heterocycles. The Morgan fingerprint density at radius 2 is 1.66 bits per heavy atom. The average Bonchev–Trinajstić information content (AvgIpc) is 2.60. The molecule has 29 heavy (non-hydrogen) atoms. The third kappa shape index (κ3) is 6.95. The fourth-order valence-corrected chi connectivity index (χ4v) is 5.33. The van der Waals surface area contributed by atoms with Gasteiger partial charge in [-0.25, -0.2) is 8.42 Å². The standard InChI is InChI=1S/C23H35NO4S/c1-15(2)24-23(26)21-11-17(5)10-19(12-21)13-22(25)20-8-6-18(7-9-20)14-29(27,28)16(3)4/h10-12,15-16,18,20H,6-9,13-14H2,1-5H3,(H,24,26). The van der Waals surface area contributed by atoms with Crippen LogP contribution in [0.2, 0.25) is 0 Å². The number of carbonyl (C=O) groups is 2. The zero-order valence-electron chi connectivity index (χ0n) is 18.3. The Morgan fingerprint density at radius 1 is 1.03 bits per heavy atom. The molecule has 0 radical (unpaired) electrons. The van der Waals surface area contributed by atoms with Crippen LogP contribution in [0.1, 0.15) is 74.9 Å². The number of aryl methyl sites for hydroxylation is 1. The molecule has 1 aliphatic rings. The topological polar surface area (TPSA) is 80.3 Å². The normalized spacial score (nSPS) is 20.1. The molecule has 6 heteroatoms. The zero-order chi connectivity index (χ0) is 21.8. The van der Waals surface area contributed by atoms with Gasteiger partial charge in [0.2, 0.25) is 0 Å². The van der Waals surface area contributed by atoms with E-state index in [1.807, 2.05) is 39.0 Å². The average molecular weight is 422 g/mol. The van der Waals surface area contributed by atoms with Crippen LogP contribution in [0.5, 0.6) is 0 Å². The predicted octanol–water partition coefficient (Wildman–Crippen LogP) is 3.87. The van der Waals surface area contributed by atoms with Crippen molar-refractivity contribution in [3.05, 3.63) is 34.9 Å². The zero-order valence-corrected chi connectivity index (χ0v) is 19.1. The Morgan fingerprint density at radius 3 is 2.21 bits per heavy atom. The van der Waals surface area contributed by atoms with Gasteiger partial charge in [0.25, 0.3) is 5.91 Å². The molecular formula is C23H35NO4S. The Labute approximate surface area is 175 Å². The van der Waals surface area contributed by atoms with E-state index in [-0.39, 0.29) is 40.6 Å². The molecule has 0 saturated heterocycles. The largest absolute Gasteiger partial charge is 0.350 e. The highest BCUT2D eigenvalue weighted by Crippen LogP contribution is 2.31. The summed E-state index contributed by atoms with van der Waals surface area (Å²) in [7, 11) is -3.03. The minimum Gasteiger partial charge on any atom is -0.350 e. The lowest BCUT2D eigenvalue weighted by Crippen LogP contribution is -2.30. The molecule has 0 atom stereocenters. The number of rotatable bonds is 8. The van der Waals surface area contributed by atoms with E-state index >= 15 is 0 Å². The van der Waals surface area contributed by atoms with Crippen LogP contribution < -0.4 is 5.32 Å². The van der Waals surface area contributed by atoms with E-state index in [0.717, 1.165) is 36.8 Å². The van der Waals surface area contributed by atoms with Crippen LogP contribution in [0.15, 0.2) is 18.2 Å². The van der Waals surface area contributed by atoms with E-state index in [1.165, 1.54) is 0 Å². The molecule has 1 fully saturated rings. The lowest BCUT2D eigenvalue weighted by atomic mass is 9.79. The lowest BCUT2D eigenvalue weighted by molar-refractivity contribution is -0.123. The summed E-state index contributed by atoms with van der Waals surface area (Å²) in [4.78, 5) is 25.1. The first-order chi connectivity index (χ1) is 13.5. The van der Waals surface area contributed by atoms with E-state index in [1.54, 1.807) is 13.8 Å². The van der Waals surface area contributed by atoms with Crippen molar-refractivity contribution in [1.29, 1.82) is 0 Å². The van der Waals surface area contributed by atoms with Gasteiger partial charge in [-0.05, 0) is 83.9 Å². The molecule has 162 valence electrons. The summed E-state index contributed by atoms with van der Waals surface area (Å²) in [6.45, 7) is 9.21. The van der Waals surface area contributed by atoms with Crippen LogP contribution in [0.4, 0.5) is 0 Å². The molecule has 0 aromatic heterocycles. The maximum Gasteiger partial charge on any atom is 0.251 e. The number of carbonyl (C=O) groups excluding carboxylic acids is 2. The van der Waals surface area contributed by atoms with Crippen molar-refractivity contribution in [3.8, 4) is 0 Å². The predicted molar refractivity (Wildman–Crippen MR) is 117 cm³/mol. The Balaban J connectivity index is 1.96. The molecule has 2 rings (SSSR count). The number of ketones is 1. The maximum absolute atomic E-state index is 12.8. The SMILES string of the molecule is Cc1cc(CC(=O)C2CCC(CS(=O)(=O)C(C)C)CC2)cc(C(=O)NC(C)C)c1. The van der Waals surface area contributed by atoms with E-state index < -0.39 is 9.84 Å². The summed E-state index contributed by atoms with van der Waals surface area (Å²) in [6, 6.07) is 5.67. The molecule has 1 saturated carbocycles. The maximum atomic E-state index is 12.8. The van der Waals surface area contributed by atoms with Crippen molar-refractivity contribution in [2.75, 3.05) is 5.75 Å². The summed E-state index contributed by atoms with van der Waals surface area (Å²) in [6.07, 6.45) is 3.41. The van der Waals surface area contributed by atoms with Gasteiger partial charge in [-0.3, -0.25) is 9.59 Å². The highest BCUT2D eigenvalue weighted by Gasteiger charge is 2.30. The van der Waals surface area contributed by atoms with Gasteiger partial charge in [0.05, 0.1) is 11.0 Å². The third-order valence-corrected chi connectivity index (χ3v) is 8.06. The van der Waals surface area contributed by atoms with Crippen LogP contribution in [0.3, 0.4) is 0 Å². The van der Waals surface area contributed by atoms with Gasteiger partial charge in [-0.1, -0.05) is 11.6 Å². The van der Waals surface area contributed by atoms with E-state index in [0.29, 0.717) is 12.0 Å². The van der Waals surface area contributed by atoms with E-state index in [2.05, 4.69) is 5.32 Å². The van der Waals surface area contributed by atoms with Gasteiger partial charge < -0.3 is 5.32 Å². The molecule has 1 aromatic carbocycles. The second-order valence-corrected chi connectivity index (χ2v) is 11.7. The second-order valence-electron chi connectivity index (χ2n) is 9.07. The number of sulfone groups is 1. The summed E-state index contributed by atoms with van der Waals surface area (Å²) in [5, 5.41) is 2.55. The molecule has 1 amide bonds. The van der Waals surface area contributed by atoms with Crippen molar-refractivity contribution < 1.29 is 18.0 Å². The first-order valence-electron chi connectivity index (χ1n) is 10.6. The van der Waals surface area contributed by atoms with Crippen molar-refractivity contribution >= 4 is 21.5 Å². The van der Waals surface area contributed by atoms with Crippen LogP contribution >= 0.6 is 0 Å². The molecule has 0 bridgehead atoms. The van der Waals surface area contributed by atoms with Crippen molar-refractivity contribution in [2.45, 2.75) is 78.0 Å². The third-order valence-electron chi connectivity index (χ3n) is 5.69. The summed E-state index contributed by atoms with van der Waals surface area (Å²) >= 11 is 0. The first-order valence-corrected chi connectivity index (χ1v) is 12.3. The Bertz CT molecular complexity index is 834. The highest BCUT2D eigenvalue weighted by molar-refractivity contribution is 7.91. The molecule has 1 N–H and O–H groups in total. The van der Waals surface area contributed by atoms with E-state index in [4.69, 9.17) is 0 Å². The summed E-state index contributed by atoms with van der Waals surface area (Å²) in [5.41, 5.74) is 2.42. The monoisotopic (exact) mass is 421 g/mol. The molecule has 1 aromatic rings. The lowest BCUT2D eigenvalue weighted by Gasteiger charge is -2.28. The van der Waals surface area contributed by atoms with Gasteiger partial charge >= 0.3 is 0 Å². The highest BCUT2D eigenvalue weighted by atomic mass is 32.2. The number of amides is 1. The second kappa shape index (κ2) is 9.88. The van der Waals surface area contributed by atoms with Gasteiger partial charge in [-0.15, -0.1) is 0 Å². The Hall–Kier alpha value is -1.69. The van der Waals surface area contributed by atoms with Crippen molar-refractivity contribution in [2.24, 2.45) is 11.8 Å². The van der Waals surface area contributed by atoms with E-state index in [9.17, 15) is 18.0 Å². The van der Waals surface area contributed by atoms with Gasteiger partial charge in [0, 0.05) is 23.9 Å². The van der Waals surface area contributed by atoms with Crippen LogP contribution in [0, 0.1) is 18.8 Å². The number of benzene rings is 1. The Kier molecular flexibility index (Phi) is 8.03.